The summed E-state index contributed by atoms with van der Waals surface area (Å²) in [5.74, 6) is 1.61. The molecule has 0 bridgehead atoms. The number of hydrogen-bond acceptors (Lipinski definition) is 4. The molecule has 3 aromatic heterocycles. The molecular weight excluding hydrogens is 663 g/mol. The Morgan fingerprint density at radius 3 is 1.56 bits per heavy atom. The zero-order valence-corrected chi connectivity index (χ0v) is 28.7. The average Bonchev–Trinajstić information content (AvgIpc) is 3.75. The molecule has 0 N–H and O–H groups in total. The normalized spacial score (nSPS) is 11.3. The van der Waals surface area contributed by atoms with Crippen molar-refractivity contribution in [2.45, 2.75) is 0 Å². The highest BCUT2D eigenvalue weighted by Crippen LogP contribution is 2.40. The van der Waals surface area contributed by atoms with Gasteiger partial charge in [0.25, 0.3) is 0 Å². The molecule has 0 radical (unpaired) electrons. The van der Waals surface area contributed by atoms with Gasteiger partial charge in [-0.15, -0.1) is 0 Å². The van der Waals surface area contributed by atoms with E-state index in [4.69, 9.17) is 21.5 Å². The van der Waals surface area contributed by atoms with E-state index in [1.54, 1.807) is 0 Å². The van der Waals surface area contributed by atoms with Crippen LogP contribution in [0.15, 0.2) is 164 Å². The summed E-state index contributed by atoms with van der Waals surface area (Å²) < 4.78 is 4.44. The summed E-state index contributed by atoms with van der Waals surface area (Å²) in [5.41, 5.74) is 9.40. The van der Waals surface area contributed by atoms with E-state index in [0.29, 0.717) is 28.7 Å². The summed E-state index contributed by atoms with van der Waals surface area (Å²) in [6.45, 7) is 7.47. The average molecular weight is 690 g/mol. The molecule has 0 saturated carbocycles. The Kier molecular flexibility index (Phi) is 7.11. The second kappa shape index (κ2) is 12.4. The van der Waals surface area contributed by atoms with E-state index in [-0.39, 0.29) is 0 Å². The second-order valence-corrected chi connectivity index (χ2v) is 13.1. The fourth-order valence-corrected chi connectivity index (χ4v) is 7.54. The molecule has 7 nitrogen and oxygen atoms in total. The molecular formula is C47H27N7. The van der Waals surface area contributed by atoms with Crippen LogP contribution in [0.3, 0.4) is 0 Å². The van der Waals surface area contributed by atoms with Crippen LogP contribution < -0.4 is 0 Å². The smallest absolute Gasteiger partial charge is 0.187 e. The molecule has 7 aromatic carbocycles. The molecule has 0 aliphatic heterocycles. The van der Waals surface area contributed by atoms with Crippen LogP contribution in [-0.2, 0) is 0 Å². The van der Waals surface area contributed by atoms with Crippen molar-refractivity contribution in [2.24, 2.45) is 0 Å². The first-order chi connectivity index (χ1) is 26.7. The number of para-hydroxylation sites is 2. The van der Waals surface area contributed by atoms with Crippen LogP contribution in [0.5, 0.6) is 0 Å². The largest absolute Gasteiger partial charge is 0.309 e. The summed E-state index contributed by atoms with van der Waals surface area (Å²) in [5, 5.41) is 15.2. The van der Waals surface area contributed by atoms with Crippen molar-refractivity contribution in [1.82, 2.24) is 24.1 Å². The molecule has 3 heterocycles. The second-order valence-electron chi connectivity index (χ2n) is 13.1. The number of nitriles is 1. The number of hydrogen-bond donors (Lipinski definition) is 0. The van der Waals surface area contributed by atoms with Crippen LogP contribution in [-0.4, -0.2) is 24.1 Å². The highest BCUT2D eigenvalue weighted by Gasteiger charge is 2.21. The quantitative estimate of drug-likeness (QED) is 0.169. The monoisotopic (exact) mass is 689 g/mol. The van der Waals surface area contributed by atoms with Crippen LogP contribution in [0.4, 0.5) is 5.69 Å². The van der Waals surface area contributed by atoms with Crippen LogP contribution in [0.2, 0.25) is 0 Å². The minimum absolute atomic E-state index is 0.489. The van der Waals surface area contributed by atoms with Crippen molar-refractivity contribution < 1.29 is 0 Å². The van der Waals surface area contributed by atoms with Gasteiger partial charge in [-0.25, -0.2) is 19.8 Å². The van der Waals surface area contributed by atoms with Crippen LogP contribution >= 0.6 is 0 Å². The van der Waals surface area contributed by atoms with Gasteiger partial charge in [-0.1, -0.05) is 109 Å². The number of aromatic nitrogens is 5. The standard InChI is InChI=1S/C47H27N7/c1-49-34-21-23-35(24-22-34)53-41-18-10-8-16-36(41)38-27-39-37-17-9-11-19-42(37)54(44(39)28-43(38)53)40-25-20-32(26-33(40)29-48)47-51-45(30-12-4-2-5-13-30)50-46(52-47)31-14-6-3-7-15-31/h2-28H. The predicted octanol–water partition coefficient (Wildman–Crippen LogP) is 11.5. The van der Waals surface area contributed by atoms with Gasteiger partial charge >= 0.3 is 0 Å². The molecule has 0 unspecified atom stereocenters. The maximum Gasteiger partial charge on any atom is 0.187 e. The van der Waals surface area contributed by atoms with Crippen LogP contribution in [0.25, 0.3) is 94.0 Å². The van der Waals surface area contributed by atoms with Gasteiger partial charge in [-0.2, -0.15) is 5.26 Å². The molecule has 7 heteroatoms. The van der Waals surface area contributed by atoms with Gasteiger partial charge in [0.05, 0.1) is 39.9 Å². The molecule has 0 aliphatic carbocycles. The first-order valence-corrected chi connectivity index (χ1v) is 17.5. The van der Waals surface area contributed by atoms with Crippen molar-refractivity contribution in [3.8, 4) is 51.6 Å². The molecule has 10 aromatic rings. The fraction of sp³-hybridized carbons (Fsp3) is 0. The topological polar surface area (TPSA) is 76.7 Å². The Bertz CT molecular complexity index is 3110. The SMILES string of the molecule is [C-]#[N+]c1ccc(-n2c3ccccc3c3cc4c5ccccc5n(-c5ccc(-c6nc(-c7ccccc7)nc(-c7ccccc7)n6)cc5C#N)c4cc32)cc1. The first-order valence-electron chi connectivity index (χ1n) is 17.5. The molecule has 0 aliphatic rings. The van der Waals surface area contributed by atoms with E-state index in [1.165, 1.54) is 0 Å². The van der Waals surface area contributed by atoms with Crippen molar-refractivity contribution in [1.29, 1.82) is 5.26 Å². The van der Waals surface area contributed by atoms with E-state index < -0.39 is 0 Å². The Labute approximate surface area is 310 Å². The van der Waals surface area contributed by atoms with Gasteiger partial charge in [0.2, 0.25) is 0 Å². The summed E-state index contributed by atoms with van der Waals surface area (Å²) in [6, 6.07) is 57.1. The third-order valence-electron chi connectivity index (χ3n) is 10.0. The highest BCUT2D eigenvalue weighted by molar-refractivity contribution is 6.19. The van der Waals surface area contributed by atoms with Gasteiger partial charge in [0, 0.05) is 43.9 Å². The summed E-state index contributed by atoms with van der Waals surface area (Å²) in [7, 11) is 0. The number of rotatable bonds is 5. The van der Waals surface area contributed by atoms with E-state index >= 15 is 0 Å². The molecule has 0 spiro atoms. The molecule has 0 atom stereocenters. The van der Waals surface area contributed by atoms with Gasteiger partial charge in [0.1, 0.15) is 6.07 Å². The van der Waals surface area contributed by atoms with E-state index in [9.17, 15) is 5.26 Å². The van der Waals surface area contributed by atoms with Crippen molar-refractivity contribution in [3.05, 3.63) is 181 Å². The van der Waals surface area contributed by atoms with Crippen molar-refractivity contribution in [2.75, 3.05) is 0 Å². The molecule has 54 heavy (non-hydrogen) atoms. The number of benzene rings is 7. The molecule has 0 amide bonds. The lowest BCUT2D eigenvalue weighted by atomic mass is 10.1. The lowest BCUT2D eigenvalue weighted by Gasteiger charge is -2.13. The van der Waals surface area contributed by atoms with E-state index in [2.05, 4.69) is 74.6 Å². The third-order valence-corrected chi connectivity index (χ3v) is 10.0. The van der Waals surface area contributed by atoms with Crippen LogP contribution in [0, 0.1) is 17.9 Å². The third kappa shape index (κ3) is 4.92. The molecule has 250 valence electrons. The van der Waals surface area contributed by atoms with Gasteiger partial charge < -0.3 is 9.13 Å². The molecule has 0 fully saturated rings. The number of fused-ring (bicyclic) bond motifs is 6. The summed E-state index contributed by atoms with van der Waals surface area (Å²) in [6.07, 6.45) is 0. The minimum Gasteiger partial charge on any atom is -0.309 e. The Morgan fingerprint density at radius 2 is 0.981 bits per heavy atom. The number of nitrogens with zero attached hydrogens (tertiary/aromatic N) is 7. The Hall–Kier alpha value is -7.87. The summed E-state index contributed by atoms with van der Waals surface area (Å²) >= 11 is 0. The lowest BCUT2D eigenvalue weighted by molar-refractivity contribution is 1.07. The molecule has 10 rings (SSSR count). The summed E-state index contributed by atoms with van der Waals surface area (Å²) in [4.78, 5) is 18.3. The van der Waals surface area contributed by atoms with E-state index in [0.717, 1.165) is 71.7 Å². The zero-order valence-electron chi connectivity index (χ0n) is 28.7. The van der Waals surface area contributed by atoms with Crippen molar-refractivity contribution in [3.63, 3.8) is 0 Å². The van der Waals surface area contributed by atoms with Crippen LogP contribution in [0.1, 0.15) is 5.56 Å². The highest BCUT2D eigenvalue weighted by atomic mass is 15.0. The van der Waals surface area contributed by atoms with E-state index in [1.807, 2.05) is 109 Å². The fourth-order valence-electron chi connectivity index (χ4n) is 7.54. The lowest BCUT2D eigenvalue weighted by Crippen LogP contribution is -2.02. The van der Waals surface area contributed by atoms with Crippen molar-refractivity contribution >= 4 is 49.3 Å². The van der Waals surface area contributed by atoms with Gasteiger partial charge in [0.15, 0.2) is 23.2 Å². The van der Waals surface area contributed by atoms with Gasteiger partial charge in [-0.05, 0) is 54.6 Å². The zero-order chi connectivity index (χ0) is 36.2. The maximum atomic E-state index is 10.8. The maximum absolute atomic E-state index is 10.8. The first kappa shape index (κ1) is 30.9. The predicted molar refractivity (Wildman–Crippen MR) is 216 cm³/mol. The Morgan fingerprint density at radius 1 is 0.463 bits per heavy atom. The van der Waals surface area contributed by atoms with Gasteiger partial charge in [-0.3, -0.25) is 0 Å². The molecule has 0 saturated heterocycles. The Balaban J connectivity index is 1.20. The minimum atomic E-state index is 0.489.